The summed E-state index contributed by atoms with van der Waals surface area (Å²) in [6.07, 6.45) is -3.04. The van der Waals surface area contributed by atoms with Crippen LogP contribution in [0.1, 0.15) is 34.6 Å². The minimum Gasteiger partial charge on any atom is -0.346 e. The summed E-state index contributed by atoms with van der Waals surface area (Å²) < 4.78 is 54.8. The second-order valence-electron chi connectivity index (χ2n) is 7.68. The van der Waals surface area contributed by atoms with Gasteiger partial charge < -0.3 is 15.5 Å². The Morgan fingerprint density at radius 1 is 1.03 bits per heavy atom. The van der Waals surface area contributed by atoms with Gasteiger partial charge in [-0.05, 0) is 54.8 Å². The lowest BCUT2D eigenvalue weighted by Gasteiger charge is -2.16. The van der Waals surface area contributed by atoms with Crippen molar-refractivity contribution >= 4 is 17.6 Å². The SMILES string of the molecule is O=C(NCc1cccc(NC(=O)N2CCCC2)c1)c1nnn(-c2ccc(F)cc2)c1C(F)(F)F. The summed E-state index contributed by atoms with van der Waals surface area (Å²) in [5.41, 5.74) is -1.31. The number of anilines is 1. The minimum absolute atomic E-state index is 0.0956. The summed E-state index contributed by atoms with van der Waals surface area (Å²) in [5, 5.41) is 12.0. The Labute approximate surface area is 191 Å². The molecule has 1 aromatic heterocycles. The van der Waals surface area contributed by atoms with E-state index in [-0.39, 0.29) is 18.3 Å². The van der Waals surface area contributed by atoms with Gasteiger partial charge in [0.15, 0.2) is 11.4 Å². The van der Waals surface area contributed by atoms with Crippen LogP contribution in [0.3, 0.4) is 0 Å². The zero-order chi connectivity index (χ0) is 24.3. The van der Waals surface area contributed by atoms with Crippen molar-refractivity contribution < 1.29 is 27.2 Å². The number of urea groups is 1. The zero-order valence-corrected chi connectivity index (χ0v) is 17.8. The average Bonchev–Trinajstić information content (AvgIpc) is 3.48. The van der Waals surface area contributed by atoms with Crippen molar-refractivity contribution in [1.82, 2.24) is 25.2 Å². The molecule has 4 rings (SSSR count). The predicted octanol–water partition coefficient (Wildman–Crippen LogP) is 3.98. The van der Waals surface area contributed by atoms with E-state index in [0.717, 1.165) is 37.1 Å². The molecule has 1 aliphatic rings. The average molecular weight is 476 g/mol. The highest BCUT2D eigenvalue weighted by Crippen LogP contribution is 2.32. The Morgan fingerprint density at radius 3 is 2.41 bits per heavy atom. The van der Waals surface area contributed by atoms with Gasteiger partial charge in [0.1, 0.15) is 5.82 Å². The fourth-order valence-electron chi connectivity index (χ4n) is 3.60. The number of carbonyl (C=O) groups is 2. The molecule has 2 heterocycles. The Bertz CT molecular complexity index is 1190. The van der Waals surface area contributed by atoms with Crippen molar-refractivity contribution in [3.05, 3.63) is 71.3 Å². The standard InChI is InChI=1S/C22H20F4N6O2/c23-15-6-8-17(9-7-15)32-19(22(24,25)26)18(29-30-32)20(33)27-13-14-4-3-5-16(12-14)28-21(34)31-10-1-2-11-31/h3-9,12H,1-2,10-11,13H2,(H,27,33)(H,28,34). The van der Waals surface area contributed by atoms with Gasteiger partial charge >= 0.3 is 12.2 Å². The third-order valence-corrected chi connectivity index (χ3v) is 5.25. The van der Waals surface area contributed by atoms with Crippen molar-refractivity contribution in [2.24, 2.45) is 0 Å². The smallest absolute Gasteiger partial charge is 0.346 e. The molecule has 3 aromatic rings. The van der Waals surface area contributed by atoms with E-state index in [9.17, 15) is 27.2 Å². The van der Waals surface area contributed by atoms with E-state index >= 15 is 0 Å². The number of likely N-dealkylation sites (tertiary alicyclic amines) is 1. The van der Waals surface area contributed by atoms with Gasteiger partial charge in [-0.1, -0.05) is 17.3 Å². The van der Waals surface area contributed by atoms with Crippen LogP contribution in [0.2, 0.25) is 0 Å². The maximum absolute atomic E-state index is 13.7. The number of carbonyl (C=O) groups excluding carboxylic acids is 2. The first-order valence-electron chi connectivity index (χ1n) is 10.4. The molecule has 178 valence electrons. The van der Waals surface area contributed by atoms with E-state index in [0.29, 0.717) is 29.0 Å². The molecular formula is C22H20F4N6O2. The molecule has 0 atom stereocenters. The number of alkyl halides is 3. The monoisotopic (exact) mass is 476 g/mol. The summed E-state index contributed by atoms with van der Waals surface area (Å²) in [6, 6.07) is 10.5. The molecule has 2 N–H and O–H groups in total. The number of halogens is 4. The lowest BCUT2D eigenvalue weighted by atomic mass is 10.2. The van der Waals surface area contributed by atoms with E-state index in [1.807, 2.05) is 0 Å². The van der Waals surface area contributed by atoms with Crippen molar-refractivity contribution in [2.45, 2.75) is 25.6 Å². The second-order valence-corrected chi connectivity index (χ2v) is 7.68. The molecule has 0 aliphatic carbocycles. The largest absolute Gasteiger partial charge is 0.435 e. The summed E-state index contributed by atoms with van der Waals surface area (Å²) in [7, 11) is 0. The Hall–Kier alpha value is -3.96. The van der Waals surface area contributed by atoms with Crippen LogP contribution in [-0.4, -0.2) is 44.9 Å². The molecule has 0 saturated carbocycles. The minimum atomic E-state index is -4.94. The first-order chi connectivity index (χ1) is 16.2. The van der Waals surface area contributed by atoms with Gasteiger partial charge in [0.05, 0.1) is 5.69 Å². The van der Waals surface area contributed by atoms with Gasteiger partial charge in [0.25, 0.3) is 5.91 Å². The molecule has 0 spiro atoms. The molecule has 34 heavy (non-hydrogen) atoms. The number of rotatable bonds is 5. The van der Waals surface area contributed by atoms with Crippen LogP contribution in [0.4, 0.5) is 28.0 Å². The van der Waals surface area contributed by atoms with Crippen molar-refractivity contribution in [3.63, 3.8) is 0 Å². The highest BCUT2D eigenvalue weighted by Gasteiger charge is 2.42. The van der Waals surface area contributed by atoms with Crippen LogP contribution in [0.25, 0.3) is 5.69 Å². The van der Waals surface area contributed by atoms with Crippen molar-refractivity contribution in [1.29, 1.82) is 0 Å². The maximum Gasteiger partial charge on any atom is 0.435 e. The molecule has 0 radical (unpaired) electrons. The second kappa shape index (κ2) is 9.49. The molecule has 0 unspecified atom stereocenters. The van der Waals surface area contributed by atoms with Crippen LogP contribution < -0.4 is 10.6 Å². The fourth-order valence-corrected chi connectivity index (χ4v) is 3.60. The summed E-state index contributed by atoms with van der Waals surface area (Å²) in [6.45, 7) is 1.26. The van der Waals surface area contributed by atoms with Crippen LogP contribution in [0.15, 0.2) is 48.5 Å². The molecular weight excluding hydrogens is 456 g/mol. The number of nitrogens with zero attached hydrogens (tertiary/aromatic N) is 4. The highest BCUT2D eigenvalue weighted by molar-refractivity contribution is 5.93. The van der Waals surface area contributed by atoms with Crippen LogP contribution in [0, 0.1) is 5.82 Å². The van der Waals surface area contributed by atoms with E-state index in [2.05, 4.69) is 20.9 Å². The lowest BCUT2D eigenvalue weighted by molar-refractivity contribution is -0.143. The Balaban J connectivity index is 1.48. The summed E-state index contributed by atoms with van der Waals surface area (Å²) in [4.78, 5) is 26.5. The van der Waals surface area contributed by atoms with Crippen LogP contribution in [0.5, 0.6) is 0 Å². The molecule has 2 aromatic carbocycles. The van der Waals surface area contributed by atoms with E-state index < -0.39 is 29.3 Å². The van der Waals surface area contributed by atoms with Gasteiger partial charge in [-0.25, -0.2) is 13.9 Å². The van der Waals surface area contributed by atoms with Gasteiger partial charge in [0.2, 0.25) is 0 Å². The van der Waals surface area contributed by atoms with Crippen LogP contribution >= 0.6 is 0 Å². The summed E-state index contributed by atoms with van der Waals surface area (Å²) in [5.74, 6) is -1.71. The molecule has 1 fully saturated rings. The molecule has 12 heteroatoms. The van der Waals surface area contributed by atoms with Gasteiger partial charge in [0, 0.05) is 25.3 Å². The third-order valence-electron chi connectivity index (χ3n) is 5.25. The topological polar surface area (TPSA) is 92.2 Å². The molecule has 8 nitrogen and oxygen atoms in total. The molecule has 1 saturated heterocycles. The quantitative estimate of drug-likeness (QED) is 0.545. The van der Waals surface area contributed by atoms with E-state index in [1.165, 1.54) is 0 Å². The van der Waals surface area contributed by atoms with Crippen LogP contribution in [-0.2, 0) is 12.7 Å². The number of benzene rings is 2. The first-order valence-corrected chi connectivity index (χ1v) is 10.4. The number of aromatic nitrogens is 3. The Kier molecular flexibility index (Phi) is 6.48. The van der Waals surface area contributed by atoms with Crippen molar-refractivity contribution in [2.75, 3.05) is 18.4 Å². The van der Waals surface area contributed by atoms with Gasteiger partial charge in [-0.15, -0.1) is 5.10 Å². The zero-order valence-electron chi connectivity index (χ0n) is 17.8. The number of nitrogens with one attached hydrogen (secondary N) is 2. The van der Waals surface area contributed by atoms with Gasteiger partial charge in [-0.3, -0.25) is 4.79 Å². The van der Waals surface area contributed by atoms with Gasteiger partial charge in [-0.2, -0.15) is 13.2 Å². The lowest BCUT2D eigenvalue weighted by Crippen LogP contribution is -2.32. The molecule has 3 amide bonds. The third kappa shape index (κ3) is 5.16. The first kappa shape index (κ1) is 23.2. The molecule has 0 bridgehead atoms. The Morgan fingerprint density at radius 2 is 1.74 bits per heavy atom. The van der Waals surface area contributed by atoms with E-state index in [4.69, 9.17) is 0 Å². The number of amides is 3. The normalized spacial score (nSPS) is 13.7. The summed E-state index contributed by atoms with van der Waals surface area (Å²) >= 11 is 0. The van der Waals surface area contributed by atoms with E-state index in [1.54, 1.807) is 29.2 Å². The fraction of sp³-hybridized carbons (Fsp3) is 0.273. The molecule has 1 aliphatic heterocycles. The number of hydrogen-bond donors (Lipinski definition) is 2. The number of hydrogen-bond acceptors (Lipinski definition) is 4. The highest BCUT2D eigenvalue weighted by atomic mass is 19.4. The maximum atomic E-state index is 13.7. The van der Waals surface area contributed by atoms with Crippen molar-refractivity contribution in [3.8, 4) is 5.69 Å². The predicted molar refractivity (Wildman–Crippen MR) is 114 cm³/mol.